The van der Waals surface area contributed by atoms with Gasteiger partial charge in [-0.3, -0.25) is 0 Å². The minimum absolute atomic E-state index is 1.22. The van der Waals surface area contributed by atoms with Crippen LogP contribution in [0.25, 0.3) is 0 Å². The van der Waals surface area contributed by atoms with Gasteiger partial charge in [0.25, 0.3) is 0 Å². The average molecular weight is 312 g/mol. The van der Waals surface area contributed by atoms with Crippen molar-refractivity contribution in [2.45, 2.75) is 117 Å². The van der Waals surface area contributed by atoms with Gasteiger partial charge in [-0.25, -0.2) is 0 Å². The van der Waals surface area contributed by atoms with Crippen molar-refractivity contribution >= 4 is 0 Å². The molecule has 0 aliphatic carbocycles. The summed E-state index contributed by atoms with van der Waals surface area (Å²) in [6, 6.07) is 0. The highest BCUT2D eigenvalue weighted by molar-refractivity contribution is 4.53. The van der Waals surface area contributed by atoms with Gasteiger partial charge < -0.3 is 4.90 Å². The molecule has 0 amide bonds. The first kappa shape index (κ1) is 22.0. The molecule has 0 spiro atoms. The highest BCUT2D eigenvalue weighted by atomic mass is 15.1. The lowest BCUT2D eigenvalue weighted by atomic mass is 10.0. The lowest BCUT2D eigenvalue weighted by Crippen LogP contribution is -2.23. The minimum atomic E-state index is 1.22. The Hall–Kier alpha value is -0.0400. The zero-order chi connectivity index (χ0) is 16.3. The molecular weight excluding hydrogens is 266 g/mol. The van der Waals surface area contributed by atoms with E-state index < -0.39 is 0 Å². The summed E-state index contributed by atoms with van der Waals surface area (Å²) >= 11 is 0. The first-order valence-corrected chi connectivity index (χ1v) is 10.6. The predicted molar refractivity (Wildman–Crippen MR) is 103 cm³/mol. The van der Waals surface area contributed by atoms with Gasteiger partial charge in [0.05, 0.1) is 0 Å². The third-order valence-electron chi connectivity index (χ3n) is 4.97. The van der Waals surface area contributed by atoms with Gasteiger partial charge in [-0.15, -0.1) is 0 Å². The fraction of sp³-hybridized carbons (Fsp3) is 1.00. The largest absolute Gasteiger partial charge is 0.304 e. The Morgan fingerprint density at radius 2 is 0.727 bits per heavy atom. The molecule has 0 saturated carbocycles. The van der Waals surface area contributed by atoms with Crippen LogP contribution in [0.15, 0.2) is 0 Å². The maximum absolute atomic E-state index is 2.54. The van der Waals surface area contributed by atoms with E-state index in [1.54, 1.807) is 0 Å². The standard InChI is InChI=1S/C21H45N/c1-4-7-8-9-10-11-12-13-14-15-16-17-18-19-20-21-22(5-2)6-3/h4-21H2,1-3H3. The van der Waals surface area contributed by atoms with Crippen molar-refractivity contribution in [3.63, 3.8) is 0 Å². The minimum Gasteiger partial charge on any atom is -0.304 e. The first-order valence-electron chi connectivity index (χ1n) is 10.6. The monoisotopic (exact) mass is 311 g/mol. The summed E-state index contributed by atoms with van der Waals surface area (Å²) in [6.45, 7) is 10.6. The Balaban J connectivity index is 3.02. The maximum atomic E-state index is 2.54. The summed E-state index contributed by atoms with van der Waals surface area (Å²) in [5.74, 6) is 0. The van der Waals surface area contributed by atoms with E-state index in [2.05, 4.69) is 25.7 Å². The van der Waals surface area contributed by atoms with E-state index in [-0.39, 0.29) is 0 Å². The van der Waals surface area contributed by atoms with Gasteiger partial charge >= 0.3 is 0 Å². The summed E-state index contributed by atoms with van der Waals surface area (Å²) in [5.41, 5.74) is 0. The van der Waals surface area contributed by atoms with E-state index in [0.29, 0.717) is 0 Å². The van der Waals surface area contributed by atoms with Crippen molar-refractivity contribution in [2.75, 3.05) is 19.6 Å². The molecule has 0 bridgehead atoms. The van der Waals surface area contributed by atoms with Crippen LogP contribution in [0.3, 0.4) is 0 Å². The zero-order valence-electron chi connectivity index (χ0n) is 16.2. The summed E-state index contributed by atoms with van der Waals surface area (Å²) < 4.78 is 0. The average Bonchev–Trinajstić information content (AvgIpc) is 2.55. The molecule has 0 aromatic heterocycles. The lowest BCUT2D eigenvalue weighted by Gasteiger charge is -2.17. The molecule has 0 N–H and O–H groups in total. The number of nitrogens with zero attached hydrogens (tertiary/aromatic N) is 1. The fourth-order valence-electron chi connectivity index (χ4n) is 3.25. The zero-order valence-corrected chi connectivity index (χ0v) is 16.2. The Morgan fingerprint density at radius 1 is 0.409 bits per heavy atom. The van der Waals surface area contributed by atoms with E-state index in [1.807, 2.05) is 0 Å². The molecular formula is C21H45N. The van der Waals surface area contributed by atoms with Gasteiger partial charge in [-0.1, -0.05) is 111 Å². The molecule has 0 heterocycles. The van der Waals surface area contributed by atoms with Gasteiger partial charge in [0.1, 0.15) is 0 Å². The topological polar surface area (TPSA) is 3.24 Å². The van der Waals surface area contributed by atoms with Crippen LogP contribution in [0.1, 0.15) is 117 Å². The van der Waals surface area contributed by atoms with Crippen LogP contribution in [0.4, 0.5) is 0 Å². The van der Waals surface area contributed by atoms with Gasteiger partial charge in [0.15, 0.2) is 0 Å². The summed E-state index contributed by atoms with van der Waals surface area (Å²) in [6.07, 6.45) is 21.9. The third kappa shape index (κ3) is 16.3. The Morgan fingerprint density at radius 3 is 1.05 bits per heavy atom. The van der Waals surface area contributed by atoms with Gasteiger partial charge in [0, 0.05) is 0 Å². The lowest BCUT2D eigenvalue weighted by molar-refractivity contribution is 0.295. The second-order valence-corrected chi connectivity index (χ2v) is 6.98. The second kappa shape index (κ2) is 19.0. The SMILES string of the molecule is CCCCCCCCCCCCCCCCCN(CC)CC. The van der Waals surface area contributed by atoms with Crippen molar-refractivity contribution < 1.29 is 0 Å². The molecule has 22 heavy (non-hydrogen) atoms. The van der Waals surface area contributed by atoms with E-state index in [1.165, 1.54) is 116 Å². The summed E-state index contributed by atoms with van der Waals surface area (Å²) in [5, 5.41) is 0. The molecule has 0 unspecified atom stereocenters. The van der Waals surface area contributed by atoms with Crippen molar-refractivity contribution in [3.8, 4) is 0 Å². The summed E-state index contributed by atoms with van der Waals surface area (Å²) in [7, 11) is 0. The molecule has 134 valence electrons. The molecule has 0 aromatic rings. The molecule has 0 aliphatic heterocycles. The van der Waals surface area contributed by atoms with Crippen molar-refractivity contribution in [1.82, 2.24) is 4.90 Å². The van der Waals surface area contributed by atoms with Gasteiger partial charge in [-0.05, 0) is 26.1 Å². The number of hydrogen-bond donors (Lipinski definition) is 0. The highest BCUT2D eigenvalue weighted by Gasteiger charge is 1.98. The van der Waals surface area contributed by atoms with Gasteiger partial charge in [0.2, 0.25) is 0 Å². The maximum Gasteiger partial charge on any atom is -0.00190 e. The van der Waals surface area contributed by atoms with E-state index in [0.717, 1.165) is 0 Å². The molecule has 0 saturated heterocycles. The highest BCUT2D eigenvalue weighted by Crippen LogP contribution is 2.13. The molecule has 0 fully saturated rings. The number of unbranched alkanes of at least 4 members (excludes halogenated alkanes) is 14. The molecule has 0 aromatic carbocycles. The van der Waals surface area contributed by atoms with Crippen LogP contribution in [0.5, 0.6) is 0 Å². The Labute approximate surface area is 142 Å². The molecule has 1 heteroatoms. The van der Waals surface area contributed by atoms with Crippen LogP contribution < -0.4 is 0 Å². The Bertz CT molecular complexity index is 186. The normalized spacial score (nSPS) is 11.5. The molecule has 0 aliphatic rings. The molecule has 0 atom stereocenters. The van der Waals surface area contributed by atoms with Crippen molar-refractivity contribution in [2.24, 2.45) is 0 Å². The third-order valence-corrected chi connectivity index (χ3v) is 4.97. The predicted octanol–water partition coefficient (Wildman–Crippen LogP) is 7.20. The number of rotatable bonds is 18. The molecule has 1 nitrogen and oxygen atoms in total. The fourth-order valence-corrected chi connectivity index (χ4v) is 3.25. The van der Waals surface area contributed by atoms with E-state index in [9.17, 15) is 0 Å². The number of hydrogen-bond acceptors (Lipinski definition) is 1. The smallest absolute Gasteiger partial charge is 0.00190 e. The van der Waals surface area contributed by atoms with Gasteiger partial charge in [-0.2, -0.15) is 0 Å². The van der Waals surface area contributed by atoms with Crippen LogP contribution in [0, 0.1) is 0 Å². The molecule has 0 rings (SSSR count). The van der Waals surface area contributed by atoms with Crippen LogP contribution in [0.2, 0.25) is 0 Å². The Kier molecular flexibility index (Phi) is 19.0. The van der Waals surface area contributed by atoms with Crippen LogP contribution in [-0.2, 0) is 0 Å². The van der Waals surface area contributed by atoms with Crippen molar-refractivity contribution in [1.29, 1.82) is 0 Å². The van der Waals surface area contributed by atoms with E-state index >= 15 is 0 Å². The first-order chi connectivity index (χ1) is 10.8. The summed E-state index contributed by atoms with van der Waals surface area (Å²) in [4.78, 5) is 2.54. The van der Waals surface area contributed by atoms with Crippen LogP contribution >= 0.6 is 0 Å². The second-order valence-electron chi connectivity index (χ2n) is 6.98. The quantitative estimate of drug-likeness (QED) is 0.242. The van der Waals surface area contributed by atoms with E-state index in [4.69, 9.17) is 0 Å². The van der Waals surface area contributed by atoms with Crippen molar-refractivity contribution in [3.05, 3.63) is 0 Å². The van der Waals surface area contributed by atoms with Crippen LogP contribution in [-0.4, -0.2) is 24.5 Å². The molecule has 0 radical (unpaired) electrons.